The lowest BCUT2D eigenvalue weighted by Crippen LogP contribution is -2.29. The number of carbonyl (C=O) groups excluding carboxylic acids is 4. The first-order valence-electron chi connectivity index (χ1n) is 9.82. The largest absolute Gasteiger partial charge is 0.454 e. The normalized spacial score (nSPS) is 12.7. The van der Waals surface area contributed by atoms with Gasteiger partial charge in [-0.05, 0) is 67.9 Å². The van der Waals surface area contributed by atoms with Gasteiger partial charge in [0.1, 0.15) is 5.82 Å². The molecule has 3 aromatic carbocycles. The maximum atomic E-state index is 13.2. The third kappa shape index (κ3) is 3.80. The number of Topliss-reactive ketones (excluding diaryl/α,β-unsaturated/α-hetero) is 1. The van der Waals surface area contributed by atoms with Crippen molar-refractivity contribution >= 4 is 29.3 Å². The van der Waals surface area contributed by atoms with E-state index in [9.17, 15) is 23.6 Å². The molecule has 7 heteroatoms. The third-order valence-electron chi connectivity index (χ3n) is 5.23. The molecule has 4 rings (SSSR count). The van der Waals surface area contributed by atoms with Crippen molar-refractivity contribution in [3.63, 3.8) is 0 Å². The standard InChI is InChI=1S/C25H18FNO5/c1-14-3-4-15(2)20(11-14)22(28)13-32-25(31)16-5-10-19-21(12-16)24(30)27(23(19)29)18-8-6-17(26)7-9-18/h3-12H,13H2,1-2H3. The van der Waals surface area contributed by atoms with Crippen LogP contribution in [-0.2, 0) is 4.74 Å². The summed E-state index contributed by atoms with van der Waals surface area (Å²) in [4.78, 5) is 51.3. The number of benzene rings is 3. The molecule has 0 aromatic heterocycles. The molecule has 2 amide bonds. The van der Waals surface area contributed by atoms with Gasteiger partial charge in [-0.2, -0.15) is 0 Å². The molecule has 160 valence electrons. The van der Waals surface area contributed by atoms with Crippen LogP contribution in [0.1, 0.15) is 52.6 Å². The molecule has 6 nitrogen and oxygen atoms in total. The van der Waals surface area contributed by atoms with E-state index in [0.29, 0.717) is 5.56 Å². The first-order chi connectivity index (χ1) is 15.3. The van der Waals surface area contributed by atoms with Gasteiger partial charge in [0.25, 0.3) is 11.8 Å². The summed E-state index contributed by atoms with van der Waals surface area (Å²) in [6, 6.07) is 14.4. The summed E-state index contributed by atoms with van der Waals surface area (Å²) in [5.74, 6) is -2.81. The Kier molecular flexibility index (Phi) is 5.40. The SMILES string of the molecule is Cc1ccc(C)c(C(=O)COC(=O)c2ccc3c(c2)C(=O)N(c2ccc(F)cc2)C3=O)c1. The molecule has 0 unspecified atom stereocenters. The number of rotatable bonds is 5. The van der Waals surface area contributed by atoms with Gasteiger partial charge in [0.05, 0.1) is 22.4 Å². The number of nitrogens with zero attached hydrogens (tertiary/aromatic N) is 1. The number of ether oxygens (including phenoxy) is 1. The molecule has 1 heterocycles. The summed E-state index contributed by atoms with van der Waals surface area (Å²) < 4.78 is 18.3. The molecule has 0 saturated heterocycles. The molecule has 0 bridgehead atoms. The molecule has 0 N–H and O–H groups in total. The Bertz CT molecular complexity index is 1280. The fourth-order valence-corrected chi connectivity index (χ4v) is 3.52. The van der Waals surface area contributed by atoms with Crippen LogP contribution in [0.25, 0.3) is 0 Å². The summed E-state index contributed by atoms with van der Waals surface area (Å²) in [6.07, 6.45) is 0. The van der Waals surface area contributed by atoms with Crippen LogP contribution in [0, 0.1) is 19.7 Å². The number of fused-ring (bicyclic) bond motifs is 1. The lowest BCUT2D eigenvalue weighted by Gasteiger charge is -2.13. The summed E-state index contributed by atoms with van der Waals surface area (Å²) in [6.45, 7) is 3.21. The minimum absolute atomic E-state index is 0.0367. The van der Waals surface area contributed by atoms with E-state index in [-0.39, 0.29) is 28.2 Å². The number of hydrogen-bond donors (Lipinski definition) is 0. The van der Waals surface area contributed by atoms with Gasteiger partial charge in [0.15, 0.2) is 6.61 Å². The van der Waals surface area contributed by atoms with E-state index in [0.717, 1.165) is 28.2 Å². The van der Waals surface area contributed by atoms with Crippen molar-refractivity contribution in [2.24, 2.45) is 0 Å². The molecule has 0 atom stereocenters. The van der Waals surface area contributed by atoms with Crippen molar-refractivity contribution < 1.29 is 28.3 Å². The second-order valence-corrected chi connectivity index (χ2v) is 7.50. The minimum Gasteiger partial charge on any atom is -0.454 e. The fourth-order valence-electron chi connectivity index (χ4n) is 3.52. The Balaban J connectivity index is 1.51. The van der Waals surface area contributed by atoms with Crippen molar-refractivity contribution in [1.29, 1.82) is 0 Å². The van der Waals surface area contributed by atoms with Crippen LogP contribution < -0.4 is 4.90 Å². The Morgan fingerprint density at radius 1 is 0.875 bits per heavy atom. The molecule has 32 heavy (non-hydrogen) atoms. The highest BCUT2D eigenvalue weighted by Crippen LogP contribution is 2.29. The van der Waals surface area contributed by atoms with Crippen LogP contribution in [0.15, 0.2) is 60.7 Å². The zero-order valence-corrected chi connectivity index (χ0v) is 17.3. The van der Waals surface area contributed by atoms with Crippen LogP contribution in [-0.4, -0.2) is 30.2 Å². The number of carbonyl (C=O) groups is 4. The maximum Gasteiger partial charge on any atom is 0.338 e. The maximum absolute atomic E-state index is 13.2. The quantitative estimate of drug-likeness (QED) is 0.342. The molecule has 0 spiro atoms. The average molecular weight is 431 g/mol. The van der Waals surface area contributed by atoms with Gasteiger partial charge < -0.3 is 4.74 Å². The Hall–Kier alpha value is -4.13. The molecule has 1 aliphatic rings. The summed E-state index contributed by atoms with van der Waals surface area (Å²) in [5.41, 5.74) is 2.59. The number of halogens is 1. The van der Waals surface area contributed by atoms with E-state index in [1.54, 1.807) is 13.0 Å². The topological polar surface area (TPSA) is 80.8 Å². The second-order valence-electron chi connectivity index (χ2n) is 7.50. The molecular formula is C25H18FNO5. The number of imide groups is 1. The first-order valence-corrected chi connectivity index (χ1v) is 9.82. The van der Waals surface area contributed by atoms with Crippen LogP contribution in [0.4, 0.5) is 10.1 Å². The summed E-state index contributed by atoms with van der Waals surface area (Å²) in [7, 11) is 0. The smallest absolute Gasteiger partial charge is 0.338 e. The second kappa shape index (κ2) is 8.19. The van der Waals surface area contributed by atoms with Gasteiger partial charge >= 0.3 is 5.97 Å². The predicted octanol–water partition coefficient (Wildman–Crippen LogP) is 4.28. The van der Waals surface area contributed by atoms with Crippen LogP contribution in [0.5, 0.6) is 0 Å². The monoisotopic (exact) mass is 431 g/mol. The highest BCUT2D eigenvalue weighted by Gasteiger charge is 2.37. The lowest BCUT2D eigenvalue weighted by atomic mass is 10.0. The van der Waals surface area contributed by atoms with E-state index in [4.69, 9.17) is 4.74 Å². The zero-order valence-electron chi connectivity index (χ0n) is 17.3. The molecule has 3 aromatic rings. The van der Waals surface area contributed by atoms with Crippen molar-refractivity contribution in [1.82, 2.24) is 0 Å². The van der Waals surface area contributed by atoms with Crippen molar-refractivity contribution in [3.8, 4) is 0 Å². The van der Waals surface area contributed by atoms with Crippen molar-refractivity contribution in [3.05, 3.63) is 99.9 Å². The molecule has 0 radical (unpaired) electrons. The van der Waals surface area contributed by atoms with Gasteiger partial charge in [-0.3, -0.25) is 14.4 Å². The molecule has 0 fully saturated rings. The molecule has 1 aliphatic heterocycles. The number of hydrogen-bond acceptors (Lipinski definition) is 5. The van der Waals surface area contributed by atoms with E-state index in [2.05, 4.69) is 0 Å². The highest BCUT2D eigenvalue weighted by atomic mass is 19.1. The van der Waals surface area contributed by atoms with E-state index in [1.165, 1.54) is 30.3 Å². The molecule has 0 saturated carbocycles. The Morgan fingerprint density at radius 2 is 1.56 bits per heavy atom. The van der Waals surface area contributed by atoms with Gasteiger partial charge in [0.2, 0.25) is 5.78 Å². The highest BCUT2D eigenvalue weighted by molar-refractivity contribution is 6.34. The number of anilines is 1. The van der Waals surface area contributed by atoms with E-state index < -0.39 is 30.2 Å². The molecule has 0 aliphatic carbocycles. The third-order valence-corrected chi connectivity index (χ3v) is 5.23. The van der Waals surface area contributed by atoms with Crippen LogP contribution in [0.3, 0.4) is 0 Å². The summed E-state index contributed by atoms with van der Waals surface area (Å²) in [5, 5.41) is 0. The predicted molar refractivity (Wildman–Crippen MR) is 115 cm³/mol. The van der Waals surface area contributed by atoms with Gasteiger partial charge in [-0.25, -0.2) is 14.1 Å². The lowest BCUT2D eigenvalue weighted by molar-refractivity contribution is 0.0474. The van der Waals surface area contributed by atoms with Crippen LogP contribution >= 0.6 is 0 Å². The summed E-state index contributed by atoms with van der Waals surface area (Å²) >= 11 is 0. The first kappa shape index (κ1) is 21.1. The van der Waals surface area contributed by atoms with Crippen molar-refractivity contribution in [2.75, 3.05) is 11.5 Å². The Labute approximate surface area is 183 Å². The van der Waals surface area contributed by atoms with Crippen molar-refractivity contribution in [2.45, 2.75) is 13.8 Å². The average Bonchev–Trinajstić information content (AvgIpc) is 3.03. The van der Waals surface area contributed by atoms with Crippen LogP contribution in [0.2, 0.25) is 0 Å². The number of ketones is 1. The van der Waals surface area contributed by atoms with E-state index in [1.807, 2.05) is 19.1 Å². The minimum atomic E-state index is -0.785. The Morgan fingerprint density at radius 3 is 2.28 bits per heavy atom. The number of amides is 2. The molecular weight excluding hydrogens is 413 g/mol. The van der Waals surface area contributed by atoms with E-state index >= 15 is 0 Å². The number of aryl methyl sites for hydroxylation is 2. The van der Waals surface area contributed by atoms with Gasteiger partial charge in [0, 0.05) is 5.56 Å². The van der Waals surface area contributed by atoms with Gasteiger partial charge in [-0.1, -0.05) is 17.7 Å². The fraction of sp³-hybridized carbons (Fsp3) is 0.120. The zero-order chi connectivity index (χ0) is 23.0. The van der Waals surface area contributed by atoms with Gasteiger partial charge in [-0.15, -0.1) is 0 Å². The number of esters is 1.